The highest BCUT2D eigenvalue weighted by molar-refractivity contribution is 7.99. The number of thioether (sulfide) groups is 1. The molecule has 0 fully saturated rings. The lowest BCUT2D eigenvalue weighted by Gasteiger charge is -2.10. The SMILES string of the molecule is CCSc1ccccc1NC(=O)CCCOc1ccc(C)cc1. The predicted octanol–water partition coefficient (Wildman–Crippen LogP) is 4.90. The summed E-state index contributed by atoms with van der Waals surface area (Å²) in [4.78, 5) is 13.2. The number of benzene rings is 2. The number of aryl methyl sites for hydroxylation is 1. The fourth-order valence-corrected chi connectivity index (χ4v) is 2.88. The molecule has 0 bridgehead atoms. The van der Waals surface area contributed by atoms with Crippen LogP contribution in [0, 0.1) is 6.92 Å². The van der Waals surface area contributed by atoms with Crippen LogP contribution >= 0.6 is 11.8 Å². The molecule has 0 saturated heterocycles. The Morgan fingerprint density at radius 1 is 1.13 bits per heavy atom. The number of anilines is 1. The van der Waals surface area contributed by atoms with E-state index in [0.717, 1.165) is 22.1 Å². The number of amides is 1. The summed E-state index contributed by atoms with van der Waals surface area (Å²) in [6.07, 6.45) is 1.15. The van der Waals surface area contributed by atoms with Gasteiger partial charge in [0.05, 0.1) is 12.3 Å². The third kappa shape index (κ3) is 5.99. The van der Waals surface area contributed by atoms with Crippen LogP contribution in [0.4, 0.5) is 5.69 Å². The van der Waals surface area contributed by atoms with Crippen molar-refractivity contribution in [1.82, 2.24) is 0 Å². The minimum Gasteiger partial charge on any atom is -0.494 e. The summed E-state index contributed by atoms with van der Waals surface area (Å²) >= 11 is 1.73. The van der Waals surface area contributed by atoms with Crippen LogP contribution in [-0.2, 0) is 4.79 Å². The average Bonchev–Trinajstić information content (AvgIpc) is 2.55. The molecule has 1 N–H and O–H groups in total. The molecule has 0 spiro atoms. The van der Waals surface area contributed by atoms with Gasteiger partial charge in [-0.2, -0.15) is 0 Å². The van der Waals surface area contributed by atoms with E-state index in [-0.39, 0.29) is 5.91 Å². The fourth-order valence-electron chi connectivity index (χ4n) is 2.12. The average molecular weight is 329 g/mol. The van der Waals surface area contributed by atoms with E-state index in [0.29, 0.717) is 19.4 Å². The first-order chi connectivity index (χ1) is 11.2. The highest BCUT2D eigenvalue weighted by Crippen LogP contribution is 2.26. The molecule has 0 aliphatic heterocycles. The number of carbonyl (C=O) groups excluding carboxylic acids is 1. The highest BCUT2D eigenvalue weighted by Gasteiger charge is 2.06. The molecule has 0 saturated carbocycles. The van der Waals surface area contributed by atoms with Gasteiger partial charge in [0.15, 0.2) is 0 Å². The van der Waals surface area contributed by atoms with Gasteiger partial charge in [0.1, 0.15) is 5.75 Å². The van der Waals surface area contributed by atoms with Crippen LogP contribution in [-0.4, -0.2) is 18.3 Å². The molecule has 0 unspecified atom stereocenters. The number of ether oxygens (including phenoxy) is 1. The summed E-state index contributed by atoms with van der Waals surface area (Å²) in [5.41, 5.74) is 2.10. The Balaban J connectivity index is 1.74. The van der Waals surface area contributed by atoms with Crippen molar-refractivity contribution in [3.05, 3.63) is 54.1 Å². The lowest BCUT2D eigenvalue weighted by molar-refractivity contribution is -0.116. The van der Waals surface area contributed by atoms with Crippen LogP contribution < -0.4 is 10.1 Å². The fraction of sp³-hybridized carbons (Fsp3) is 0.316. The molecular formula is C19H23NO2S. The Labute approximate surface area is 142 Å². The van der Waals surface area contributed by atoms with Crippen LogP contribution in [0.3, 0.4) is 0 Å². The number of hydrogen-bond acceptors (Lipinski definition) is 3. The van der Waals surface area contributed by atoms with E-state index >= 15 is 0 Å². The first-order valence-corrected chi connectivity index (χ1v) is 8.88. The highest BCUT2D eigenvalue weighted by atomic mass is 32.2. The summed E-state index contributed by atoms with van der Waals surface area (Å²) < 4.78 is 5.64. The van der Waals surface area contributed by atoms with E-state index in [1.54, 1.807) is 11.8 Å². The summed E-state index contributed by atoms with van der Waals surface area (Å²) in [6, 6.07) is 15.8. The molecule has 0 aliphatic rings. The van der Waals surface area contributed by atoms with Crippen molar-refractivity contribution in [3.8, 4) is 5.75 Å². The molecule has 3 nitrogen and oxygen atoms in total. The zero-order valence-corrected chi connectivity index (χ0v) is 14.5. The van der Waals surface area contributed by atoms with Crippen LogP contribution in [0.5, 0.6) is 5.75 Å². The molecule has 0 radical (unpaired) electrons. The molecule has 4 heteroatoms. The standard InChI is InChI=1S/C19H23NO2S/c1-3-23-18-8-5-4-7-17(18)20-19(21)9-6-14-22-16-12-10-15(2)11-13-16/h4-5,7-8,10-13H,3,6,9,14H2,1-2H3,(H,20,21). The van der Waals surface area contributed by atoms with Crippen molar-refractivity contribution in [2.24, 2.45) is 0 Å². The van der Waals surface area contributed by atoms with Gasteiger partial charge in [0.25, 0.3) is 0 Å². The van der Waals surface area contributed by atoms with Gasteiger partial charge in [-0.3, -0.25) is 4.79 Å². The molecule has 1 amide bonds. The first-order valence-electron chi connectivity index (χ1n) is 7.90. The second kappa shape index (κ2) is 9.26. The summed E-state index contributed by atoms with van der Waals surface area (Å²) in [5, 5.41) is 2.99. The number of rotatable bonds is 8. The number of para-hydroxylation sites is 1. The molecule has 0 aromatic heterocycles. The normalized spacial score (nSPS) is 10.3. The van der Waals surface area contributed by atoms with Gasteiger partial charge >= 0.3 is 0 Å². The van der Waals surface area contributed by atoms with E-state index in [9.17, 15) is 4.79 Å². The maximum absolute atomic E-state index is 12.0. The van der Waals surface area contributed by atoms with Crippen molar-refractivity contribution in [1.29, 1.82) is 0 Å². The lowest BCUT2D eigenvalue weighted by Crippen LogP contribution is -2.13. The topological polar surface area (TPSA) is 38.3 Å². The van der Waals surface area contributed by atoms with Crippen molar-refractivity contribution in [2.45, 2.75) is 31.6 Å². The predicted molar refractivity (Wildman–Crippen MR) is 97.4 cm³/mol. The first kappa shape index (κ1) is 17.4. The zero-order chi connectivity index (χ0) is 16.5. The van der Waals surface area contributed by atoms with E-state index < -0.39 is 0 Å². The Kier molecular flexibility index (Phi) is 7.01. The maximum atomic E-state index is 12.0. The van der Waals surface area contributed by atoms with Crippen molar-refractivity contribution < 1.29 is 9.53 Å². The van der Waals surface area contributed by atoms with Gasteiger partial charge in [-0.25, -0.2) is 0 Å². The summed E-state index contributed by atoms with van der Waals surface area (Å²) in [5.74, 6) is 1.86. The smallest absolute Gasteiger partial charge is 0.224 e. The molecule has 0 aliphatic carbocycles. The minimum absolute atomic E-state index is 0.0293. The van der Waals surface area contributed by atoms with Crippen molar-refractivity contribution in [2.75, 3.05) is 17.7 Å². The number of carbonyl (C=O) groups is 1. The Morgan fingerprint density at radius 3 is 2.61 bits per heavy atom. The second-order valence-corrected chi connectivity index (χ2v) is 6.55. The molecular weight excluding hydrogens is 306 g/mol. The summed E-state index contributed by atoms with van der Waals surface area (Å²) in [6.45, 7) is 4.69. The van der Waals surface area contributed by atoms with Crippen LogP contribution in [0.2, 0.25) is 0 Å². The van der Waals surface area contributed by atoms with Crippen molar-refractivity contribution >= 4 is 23.4 Å². The zero-order valence-electron chi connectivity index (χ0n) is 13.7. The number of hydrogen-bond donors (Lipinski definition) is 1. The van der Waals surface area contributed by atoms with Gasteiger partial charge in [0.2, 0.25) is 5.91 Å². The van der Waals surface area contributed by atoms with Gasteiger partial charge in [0, 0.05) is 11.3 Å². The number of nitrogens with one attached hydrogen (secondary N) is 1. The molecule has 2 aromatic carbocycles. The minimum atomic E-state index is 0.0293. The van der Waals surface area contributed by atoms with E-state index in [4.69, 9.17) is 4.74 Å². The lowest BCUT2D eigenvalue weighted by atomic mass is 10.2. The van der Waals surface area contributed by atoms with Crippen LogP contribution in [0.1, 0.15) is 25.3 Å². The molecule has 2 rings (SSSR count). The molecule has 2 aromatic rings. The molecule has 0 heterocycles. The van der Waals surface area contributed by atoms with Gasteiger partial charge in [-0.1, -0.05) is 36.8 Å². The largest absolute Gasteiger partial charge is 0.494 e. The van der Waals surface area contributed by atoms with Crippen LogP contribution in [0.25, 0.3) is 0 Å². The Hall–Kier alpha value is -1.94. The second-order valence-electron chi connectivity index (χ2n) is 5.24. The molecule has 0 atom stereocenters. The van der Waals surface area contributed by atoms with Gasteiger partial charge < -0.3 is 10.1 Å². The van der Waals surface area contributed by atoms with Gasteiger partial charge in [-0.05, 0) is 43.4 Å². The maximum Gasteiger partial charge on any atom is 0.224 e. The third-order valence-corrected chi connectivity index (χ3v) is 4.25. The Bertz CT molecular complexity index is 626. The van der Waals surface area contributed by atoms with E-state index in [2.05, 4.69) is 12.2 Å². The molecule has 122 valence electrons. The third-order valence-electron chi connectivity index (χ3n) is 3.30. The van der Waals surface area contributed by atoms with E-state index in [1.165, 1.54) is 5.56 Å². The molecule has 23 heavy (non-hydrogen) atoms. The quantitative estimate of drug-likeness (QED) is 0.553. The van der Waals surface area contributed by atoms with Gasteiger partial charge in [-0.15, -0.1) is 11.8 Å². The van der Waals surface area contributed by atoms with E-state index in [1.807, 2.05) is 55.5 Å². The van der Waals surface area contributed by atoms with Crippen molar-refractivity contribution in [3.63, 3.8) is 0 Å². The monoisotopic (exact) mass is 329 g/mol. The summed E-state index contributed by atoms with van der Waals surface area (Å²) in [7, 11) is 0. The van der Waals surface area contributed by atoms with Crippen LogP contribution in [0.15, 0.2) is 53.4 Å². The Morgan fingerprint density at radius 2 is 1.87 bits per heavy atom.